The highest BCUT2D eigenvalue weighted by Gasteiger charge is 2.55. The van der Waals surface area contributed by atoms with E-state index in [1.54, 1.807) is 13.8 Å². The number of sulfonamides is 1. The lowest BCUT2D eigenvalue weighted by Crippen LogP contribution is -2.63. The first-order chi connectivity index (χ1) is 11.8. The van der Waals surface area contributed by atoms with Gasteiger partial charge in [0, 0.05) is 45.3 Å². The van der Waals surface area contributed by atoms with Crippen molar-refractivity contribution in [1.82, 2.24) is 19.3 Å². The maximum atomic E-state index is 12.8. The van der Waals surface area contributed by atoms with Crippen molar-refractivity contribution in [1.29, 1.82) is 0 Å². The lowest BCUT2D eigenvalue weighted by atomic mass is 9.91. The first kappa shape index (κ1) is 17.4. The van der Waals surface area contributed by atoms with Crippen LogP contribution in [-0.4, -0.2) is 92.2 Å². The molecule has 3 aliphatic heterocycles. The normalized spacial score (nSPS) is 28.5. The largest absolute Gasteiger partial charge is 0.371 e. The molecule has 0 N–H and O–H groups in total. The van der Waals surface area contributed by atoms with E-state index >= 15 is 0 Å². The second-order valence-electron chi connectivity index (χ2n) is 7.62. The molecule has 1 aromatic heterocycles. The molecule has 4 rings (SSSR count). The predicted octanol–water partition coefficient (Wildman–Crippen LogP) is 0.0708. The van der Waals surface area contributed by atoms with E-state index in [1.807, 2.05) is 0 Å². The Bertz CT molecular complexity index is 729. The minimum absolute atomic E-state index is 0.205. The number of ether oxygens (including phenoxy) is 1. The quantitative estimate of drug-likeness (QED) is 0.745. The van der Waals surface area contributed by atoms with E-state index in [9.17, 15) is 8.42 Å². The maximum Gasteiger partial charge on any atom is 0.248 e. The third kappa shape index (κ3) is 2.91. The smallest absolute Gasteiger partial charge is 0.248 e. The van der Waals surface area contributed by atoms with E-state index in [0.717, 1.165) is 32.6 Å². The fraction of sp³-hybridized carbons (Fsp3) is 0.812. The first-order valence-corrected chi connectivity index (χ1v) is 10.2. The topological polar surface area (TPSA) is 79.1 Å². The highest BCUT2D eigenvalue weighted by molar-refractivity contribution is 7.89. The number of piperazine rings is 1. The van der Waals surface area contributed by atoms with Crippen LogP contribution >= 0.6 is 0 Å². The minimum atomic E-state index is -3.56. The van der Waals surface area contributed by atoms with Crippen molar-refractivity contribution >= 4 is 10.0 Å². The summed E-state index contributed by atoms with van der Waals surface area (Å²) >= 11 is 0. The monoisotopic (exact) mass is 370 g/mol. The van der Waals surface area contributed by atoms with Crippen LogP contribution < -0.4 is 0 Å². The van der Waals surface area contributed by atoms with Crippen LogP contribution in [-0.2, 0) is 14.8 Å². The number of aromatic nitrogens is 1. The highest BCUT2D eigenvalue weighted by atomic mass is 32.2. The zero-order valence-electron chi connectivity index (χ0n) is 15.1. The molecule has 1 unspecified atom stereocenters. The molecule has 8 nitrogen and oxygen atoms in total. The van der Waals surface area contributed by atoms with Crippen molar-refractivity contribution < 1.29 is 17.7 Å². The summed E-state index contributed by atoms with van der Waals surface area (Å²) in [5.41, 5.74) is 0.0983. The summed E-state index contributed by atoms with van der Waals surface area (Å²) in [6.45, 7) is 9.11. The molecule has 0 aromatic carbocycles. The zero-order chi connectivity index (χ0) is 17.8. The summed E-state index contributed by atoms with van der Waals surface area (Å²) in [6.07, 6.45) is 0.907. The molecule has 1 aromatic rings. The maximum absolute atomic E-state index is 12.8. The summed E-state index contributed by atoms with van der Waals surface area (Å²) in [5, 5.41) is 3.77. The lowest BCUT2D eigenvalue weighted by Gasteiger charge is -2.46. The van der Waals surface area contributed by atoms with Crippen molar-refractivity contribution in [3.05, 3.63) is 11.5 Å². The number of likely N-dealkylation sites (N-methyl/N-ethyl adjacent to an activating group) is 1. The highest BCUT2D eigenvalue weighted by Crippen LogP contribution is 2.40. The summed E-state index contributed by atoms with van der Waals surface area (Å²) in [5.74, 6) is 0.348. The van der Waals surface area contributed by atoms with Gasteiger partial charge in [-0.15, -0.1) is 0 Å². The van der Waals surface area contributed by atoms with Gasteiger partial charge in [-0.3, -0.25) is 4.90 Å². The third-order valence-corrected chi connectivity index (χ3v) is 7.78. The Morgan fingerprint density at radius 2 is 1.84 bits per heavy atom. The molecular weight excluding hydrogens is 344 g/mol. The molecule has 0 radical (unpaired) electrons. The summed E-state index contributed by atoms with van der Waals surface area (Å²) in [7, 11) is -1.41. The van der Waals surface area contributed by atoms with E-state index < -0.39 is 10.0 Å². The van der Waals surface area contributed by atoms with Crippen LogP contribution in [0.1, 0.15) is 17.9 Å². The standard InChI is InChI=1S/C16H26N4O4S/c1-12-15(13(2)24-17-12)25(21,22)20-10-16(11-20)8-14(9-23-16)19-6-4-18(3)5-7-19/h14H,4-11H2,1-3H3. The average Bonchev–Trinajstić information content (AvgIpc) is 3.11. The SMILES string of the molecule is Cc1noc(C)c1S(=O)(=O)N1CC2(CC(N3CCN(C)CC3)CO2)C1. The van der Waals surface area contributed by atoms with Gasteiger partial charge in [-0.2, -0.15) is 4.31 Å². The Kier molecular flexibility index (Phi) is 4.19. The molecular formula is C16H26N4O4S. The Hall–Kier alpha value is -1.00. The molecule has 0 amide bonds. The molecule has 0 aliphatic carbocycles. The fourth-order valence-corrected chi connectivity index (χ4v) is 6.08. The van der Waals surface area contributed by atoms with Crippen LogP contribution in [0.25, 0.3) is 0 Å². The van der Waals surface area contributed by atoms with Gasteiger partial charge in [0.15, 0.2) is 5.76 Å². The average molecular weight is 370 g/mol. The van der Waals surface area contributed by atoms with Crippen molar-refractivity contribution in [2.24, 2.45) is 0 Å². The van der Waals surface area contributed by atoms with Crippen LogP contribution in [0.15, 0.2) is 9.42 Å². The molecule has 140 valence electrons. The van der Waals surface area contributed by atoms with Gasteiger partial charge in [0.25, 0.3) is 0 Å². The van der Waals surface area contributed by atoms with Gasteiger partial charge < -0.3 is 14.2 Å². The number of hydrogen-bond donors (Lipinski definition) is 0. The third-order valence-electron chi connectivity index (χ3n) is 5.74. The van der Waals surface area contributed by atoms with Crippen LogP contribution in [0.3, 0.4) is 0 Å². The molecule has 1 atom stereocenters. The molecule has 3 fully saturated rings. The van der Waals surface area contributed by atoms with Crippen LogP contribution in [0, 0.1) is 13.8 Å². The lowest BCUT2D eigenvalue weighted by molar-refractivity contribution is -0.0775. The Balaban J connectivity index is 1.40. The van der Waals surface area contributed by atoms with E-state index in [-0.39, 0.29) is 10.5 Å². The minimum Gasteiger partial charge on any atom is -0.371 e. The van der Waals surface area contributed by atoms with E-state index in [1.165, 1.54) is 4.31 Å². The first-order valence-electron chi connectivity index (χ1n) is 8.80. The van der Waals surface area contributed by atoms with Crippen LogP contribution in [0.4, 0.5) is 0 Å². The van der Waals surface area contributed by atoms with Crippen LogP contribution in [0.2, 0.25) is 0 Å². The summed E-state index contributed by atoms with van der Waals surface area (Å²) < 4.78 is 38.3. The van der Waals surface area contributed by atoms with E-state index in [2.05, 4.69) is 22.0 Å². The molecule has 1 spiro atoms. The molecule has 0 saturated carbocycles. The van der Waals surface area contributed by atoms with Crippen molar-refractivity contribution in [2.45, 2.75) is 36.8 Å². The van der Waals surface area contributed by atoms with Gasteiger partial charge in [-0.1, -0.05) is 5.16 Å². The summed E-state index contributed by atoms with van der Waals surface area (Å²) in [4.78, 5) is 5.03. The Morgan fingerprint density at radius 1 is 1.16 bits per heavy atom. The van der Waals surface area contributed by atoms with Gasteiger partial charge in [-0.05, 0) is 27.3 Å². The Morgan fingerprint density at radius 3 is 2.44 bits per heavy atom. The number of hydrogen-bond acceptors (Lipinski definition) is 7. The van der Waals surface area contributed by atoms with Gasteiger partial charge in [0.05, 0.1) is 12.2 Å². The van der Waals surface area contributed by atoms with Crippen molar-refractivity contribution in [3.63, 3.8) is 0 Å². The van der Waals surface area contributed by atoms with Gasteiger partial charge in [0.2, 0.25) is 10.0 Å². The molecule has 9 heteroatoms. The zero-order valence-corrected chi connectivity index (χ0v) is 15.9. The molecule has 4 heterocycles. The summed E-state index contributed by atoms with van der Waals surface area (Å²) in [6, 6.07) is 0.401. The fourth-order valence-electron chi connectivity index (χ4n) is 4.20. The van der Waals surface area contributed by atoms with Gasteiger partial charge in [0.1, 0.15) is 10.6 Å². The second kappa shape index (κ2) is 6.02. The van der Waals surface area contributed by atoms with E-state index in [0.29, 0.717) is 37.2 Å². The number of aryl methyl sites for hydroxylation is 2. The molecule has 3 aliphatic rings. The molecule has 3 saturated heterocycles. The van der Waals surface area contributed by atoms with Crippen molar-refractivity contribution in [3.8, 4) is 0 Å². The van der Waals surface area contributed by atoms with Gasteiger partial charge in [-0.25, -0.2) is 8.42 Å². The van der Waals surface area contributed by atoms with Gasteiger partial charge >= 0.3 is 0 Å². The molecule has 25 heavy (non-hydrogen) atoms. The van der Waals surface area contributed by atoms with Crippen LogP contribution in [0.5, 0.6) is 0 Å². The molecule has 0 bridgehead atoms. The predicted molar refractivity (Wildman–Crippen MR) is 90.9 cm³/mol. The van der Waals surface area contributed by atoms with E-state index in [4.69, 9.17) is 9.26 Å². The Labute approximate surface area is 148 Å². The second-order valence-corrected chi connectivity index (χ2v) is 9.49. The number of rotatable bonds is 3. The number of nitrogens with zero attached hydrogens (tertiary/aromatic N) is 4. The van der Waals surface area contributed by atoms with Crippen molar-refractivity contribution in [2.75, 3.05) is 52.9 Å².